The highest BCUT2D eigenvalue weighted by Gasteiger charge is 2.33. The van der Waals surface area contributed by atoms with Crippen molar-refractivity contribution in [2.45, 2.75) is 38.3 Å². The lowest BCUT2D eigenvalue weighted by atomic mass is 10.1. The van der Waals surface area contributed by atoms with Crippen LogP contribution >= 0.6 is 0 Å². The molecule has 27 heavy (non-hydrogen) atoms. The van der Waals surface area contributed by atoms with Gasteiger partial charge in [0.25, 0.3) is 5.56 Å². The molecule has 1 aliphatic carbocycles. The van der Waals surface area contributed by atoms with E-state index >= 15 is 0 Å². The van der Waals surface area contributed by atoms with E-state index in [2.05, 4.69) is 20.6 Å². The number of hydrogen-bond donors (Lipinski definition) is 1. The molecule has 0 amide bonds. The largest absolute Gasteiger partial charge is 0.377 e. The predicted octanol–water partition coefficient (Wildman–Crippen LogP) is 2.04. The second kappa shape index (κ2) is 6.42. The summed E-state index contributed by atoms with van der Waals surface area (Å²) in [6.07, 6.45) is 2.96. The fraction of sp³-hybridized carbons (Fsp3) is 0.400. The van der Waals surface area contributed by atoms with Gasteiger partial charge in [-0.15, -0.1) is 5.10 Å². The van der Waals surface area contributed by atoms with E-state index in [1.807, 2.05) is 31.2 Å². The minimum absolute atomic E-state index is 0.0576. The van der Waals surface area contributed by atoms with E-state index in [4.69, 9.17) is 4.74 Å². The quantitative estimate of drug-likeness (QED) is 0.767. The molecule has 0 bridgehead atoms. The van der Waals surface area contributed by atoms with Gasteiger partial charge in [0.05, 0.1) is 30.6 Å². The molecule has 2 atom stereocenters. The van der Waals surface area contributed by atoms with Crippen LogP contribution in [0.2, 0.25) is 0 Å². The summed E-state index contributed by atoms with van der Waals surface area (Å²) in [7, 11) is 0. The van der Waals surface area contributed by atoms with Crippen LogP contribution in [0.4, 0.5) is 5.82 Å². The molecule has 3 heterocycles. The molecule has 5 rings (SSSR count). The number of nitrogens with zero attached hydrogens (tertiary/aromatic N) is 4. The zero-order chi connectivity index (χ0) is 18.4. The first-order valence-corrected chi connectivity index (χ1v) is 9.38. The molecule has 138 valence electrons. The van der Waals surface area contributed by atoms with Gasteiger partial charge in [0.15, 0.2) is 5.82 Å². The first kappa shape index (κ1) is 16.4. The van der Waals surface area contributed by atoms with Crippen molar-refractivity contribution in [1.82, 2.24) is 20.0 Å². The average Bonchev–Trinajstić information content (AvgIpc) is 3.32. The van der Waals surface area contributed by atoms with Crippen molar-refractivity contribution in [3.8, 4) is 0 Å². The van der Waals surface area contributed by atoms with Gasteiger partial charge >= 0.3 is 0 Å². The van der Waals surface area contributed by atoms with Crippen molar-refractivity contribution < 1.29 is 4.74 Å². The number of nitrogens with one attached hydrogen (secondary N) is 1. The molecule has 0 saturated carbocycles. The van der Waals surface area contributed by atoms with Crippen LogP contribution in [0.5, 0.6) is 0 Å². The van der Waals surface area contributed by atoms with Crippen molar-refractivity contribution in [3.63, 3.8) is 0 Å². The van der Waals surface area contributed by atoms with Gasteiger partial charge in [-0.25, -0.2) is 4.68 Å². The first-order valence-electron chi connectivity index (χ1n) is 9.38. The molecule has 1 fully saturated rings. The summed E-state index contributed by atoms with van der Waals surface area (Å²) in [6.45, 7) is 2.91. The Morgan fingerprint density at radius 3 is 2.89 bits per heavy atom. The van der Waals surface area contributed by atoms with Crippen LogP contribution in [-0.2, 0) is 17.6 Å². The Morgan fingerprint density at radius 2 is 2.00 bits per heavy atom. The number of benzene rings is 1. The predicted molar refractivity (Wildman–Crippen MR) is 102 cm³/mol. The monoisotopic (exact) mass is 363 g/mol. The molecule has 2 aromatic heterocycles. The van der Waals surface area contributed by atoms with Crippen molar-refractivity contribution in [2.24, 2.45) is 0 Å². The van der Waals surface area contributed by atoms with Gasteiger partial charge < -0.3 is 10.1 Å². The van der Waals surface area contributed by atoms with Crippen LogP contribution < -0.4 is 10.9 Å². The molecule has 1 aliphatic heterocycles. The minimum atomic E-state index is -0.162. The van der Waals surface area contributed by atoms with Crippen LogP contribution in [-0.4, -0.2) is 39.2 Å². The van der Waals surface area contributed by atoms with E-state index in [0.29, 0.717) is 19.0 Å². The van der Waals surface area contributed by atoms with E-state index < -0.39 is 0 Å². The third-order valence-electron chi connectivity index (χ3n) is 5.54. The van der Waals surface area contributed by atoms with E-state index in [0.717, 1.165) is 47.0 Å². The van der Waals surface area contributed by atoms with Crippen molar-refractivity contribution in [3.05, 3.63) is 57.6 Å². The highest BCUT2D eigenvalue weighted by molar-refractivity contribution is 5.92. The van der Waals surface area contributed by atoms with Crippen LogP contribution in [0.15, 0.2) is 35.1 Å². The highest BCUT2D eigenvalue weighted by atomic mass is 16.5. The maximum absolute atomic E-state index is 12.6. The topological polar surface area (TPSA) is 81.9 Å². The van der Waals surface area contributed by atoms with Crippen LogP contribution in [0.3, 0.4) is 0 Å². The van der Waals surface area contributed by atoms with Crippen molar-refractivity contribution in [1.29, 1.82) is 0 Å². The third kappa shape index (κ3) is 2.78. The number of hydrogen-bond acceptors (Lipinski definition) is 6. The second-order valence-electron chi connectivity index (χ2n) is 7.29. The second-order valence-corrected chi connectivity index (χ2v) is 7.29. The maximum Gasteiger partial charge on any atom is 0.267 e. The van der Waals surface area contributed by atoms with Gasteiger partial charge in [0.1, 0.15) is 6.04 Å². The summed E-state index contributed by atoms with van der Waals surface area (Å²) in [5, 5.41) is 18.8. The molecule has 3 aromatic rings. The average molecular weight is 363 g/mol. The Bertz CT molecular complexity index is 1080. The minimum Gasteiger partial charge on any atom is -0.377 e. The van der Waals surface area contributed by atoms with Gasteiger partial charge in [0, 0.05) is 16.8 Å². The maximum atomic E-state index is 12.6. The Hall–Kier alpha value is -2.80. The number of fused-ring (bicyclic) bond motifs is 2. The van der Waals surface area contributed by atoms with Crippen LogP contribution in [0.1, 0.15) is 29.4 Å². The molecule has 7 heteroatoms. The fourth-order valence-electron chi connectivity index (χ4n) is 4.09. The zero-order valence-electron chi connectivity index (χ0n) is 15.2. The van der Waals surface area contributed by atoms with Gasteiger partial charge in [-0.05, 0) is 31.7 Å². The fourth-order valence-corrected chi connectivity index (χ4v) is 4.09. The summed E-state index contributed by atoms with van der Waals surface area (Å²) < 4.78 is 7.29. The Balaban J connectivity index is 1.50. The summed E-state index contributed by atoms with van der Waals surface area (Å²) in [5.74, 6) is 0.714. The lowest BCUT2D eigenvalue weighted by molar-refractivity contribution is 0.182. The SMILES string of the molecule is Cc1nnc(NC2COCC2n2nc3c(cc2=O)CCC3)c2ccccc12. The summed E-state index contributed by atoms with van der Waals surface area (Å²) in [5.41, 5.74) is 2.97. The van der Waals surface area contributed by atoms with Gasteiger partial charge in [-0.2, -0.15) is 10.2 Å². The molecule has 0 radical (unpaired) electrons. The normalized spacial score (nSPS) is 21.5. The number of anilines is 1. The van der Waals surface area contributed by atoms with E-state index in [-0.39, 0.29) is 17.6 Å². The molecular formula is C20H21N5O2. The van der Waals surface area contributed by atoms with Gasteiger partial charge in [0.2, 0.25) is 0 Å². The van der Waals surface area contributed by atoms with E-state index in [1.165, 1.54) is 0 Å². The van der Waals surface area contributed by atoms with Crippen molar-refractivity contribution in [2.75, 3.05) is 18.5 Å². The summed E-state index contributed by atoms with van der Waals surface area (Å²) in [6, 6.07) is 9.55. The first-order chi connectivity index (χ1) is 13.2. The molecule has 1 N–H and O–H groups in total. The molecule has 7 nitrogen and oxygen atoms in total. The number of aromatic nitrogens is 4. The standard InChI is InChI=1S/C20H21N5O2/c1-12-14-6-2-3-7-15(14)20(23-22-12)21-17-10-27-11-18(17)25-19(26)9-13-5-4-8-16(13)24-25/h2-3,6-7,9,17-18H,4-5,8,10-11H2,1H3,(H,21,23). The molecule has 0 spiro atoms. The molecule has 2 aliphatic rings. The third-order valence-corrected chi connectivity index (χ3v) is 5.54. The Kier molecular flexibility index (Phi) is 3.89. The Labute approximate surface area is 156 Å². The number of aryl methyl sites for hydroxylation is 3. The smallest absolute Gasteiger partial charge is 0.267 e. The molecule has 1 saturated heterocycles. The van der Waals surface area contributed by atoms with Crippen LogP contribution in [0, 0.1) is 6.92 Å². The lowest BCUT2D eigenvalue weighted by Crippen LogP contribution is -2.38. The van der Waals surface area contributed by atoms with Crippen molar-refractivity contribution >= 4 is 16.6 Å². The number of rotatable bonds is 3. The van der Waals surface area contributed by atoms with E-state index in [1.54, 1.807) is 10.7 Å². The highest BCUT2D eigenvalue weighted by Crippen LogP contribution is 2.27. The molecule has 1 aromatic carbocycles. The number of ether oxygens (including phenoxy) is 1. The van der Waals surface area contributed by atoms with Gasteiger partial charge in [-0.3, -0.25) is 4.79 Å². The van der Waals surface area contributed by atoms with Gasteiger partial charge in [-0.1, -0.05) is 24.3 Å². The Morgan fingerprint density at radius 1 is 1.15 bits per heavy atom. The van der Waals surface area contributed by atoms with Crippen LogP contribution in [0.25, 0.3) is 10.8 Å². The summed E-state index contributed by atoms with van der Waals surface area (Å²) >= 11 is 0. The lowest BCUT2D eigenvalue weighted by Gasteiger charge is -2.22. The molecule has 2 unspecified atom stereocenters. The summed E-state index contributed by atoms with van der Waals surface area (Å²) in [4.78, 5) is 12.6. The molecular weight excluding hydrogens is 342 g/mol. The van der Waals surface area contributed by atoms with E-state index in [9.17, 15) is 4.79 Å². The zero-order valence-corrected chi connectivity index (χ0v) is 15.2.